The second-order valence-electron chi connectivity index (χ2n) is 6.14. The Kier molecular flexibility index (Phi) is 5.65. The maximum atomic E-state index is 12.8. The van der Waals surface area contributed by atoms with Gasteiger partial charge >= 0.3 is 0 Å². The fourth-order valence-corrected chi connectivity index (χ4v) is 3.08. The topological polar surface area (TPSA) is 77.7 Å². The lowest BCUT2D eigenvalue weighted by Crippen LogP contribution is -2.44. The highest BCUT2D eigenvalue weighted by Crippen LogP contribution is 2.29. The van der Waals surface area contributed by atoms with Crippen LogP contribution >= 0.6 is 0 Å². The predicted octanol–water partition coefficient (Wildman–Crippen LogP) is 2.74. The Hall–Kier alpha value is -2.41. The van der Waals surface area contributed by atoms with Gasteiger partial charge in [0.2, 0.25) is 6.39 Å². The number of hydrogen-bond acceptors (Lipinski definition) is 6. The summed E-state index contributed by atoms with van der Waals surface area (Å²) in [5.41, 5.74) is 0.965. The van der Waals surface area contributed by atoms with E-state index in [-0.39, 0.29) is 11.9 Å². The second kappa shape index (κ2) is 8.11. The molecule has 2 heterocycles. The minimum Gasteiger partial charge on any atom is -0.497 e. The molecule has 1 fully saturated rings. The summed E-state index contributed by atoms with van der Waals surface area (Å²) in [4.78, 5) is 18.8. The summed E-state index contributed by atoms with van der Waals surface area (Å²) < 4.78 is 15.8. The second-order valence-corrected chi connectivity index (χ2v) is 6.14. The maximum absolute atomic E-state index is 12.8. The number of benzene rings is 1. The van der Waals surface area contributed by atoms with Gasteiger partial charge in [0.05, 0.1) is 19.8 Å². The smallest absolute Gasteiger partial charge is 0.252 e. The van der Waals surface area contributed by atoms with Gasteiger partial charge in [-0.25, -0.2) is 0 Å². The molecule has 0 aliphatic carbocycles. The normalized spacial score (nSPS) is 18.8. The van der Waals surface area contributed by atoms with E-state index in [1.165, 1.54) is 6.39 Å². The molecule has 1 aliphatic heterocycles. The SMILES string of the molecule is COc1cccc(COC(C)C(=O)N2CCCCC2c2ncon2)c1. The Morgan fingerprint density at radius 2 is 2.32 bits per heavy atom. The zero-order valence-corrected chi connectivity index (χ0v) is 14.6. The van der Waals surface area contributed by atoms with Crippen LogP contribution in [0.25, 0.3) is 0 Å². The summed E-state index contributed by atoms with van der Waals surface area (Å²) in [6.07, 6.45) is 3.62. The maximum Gasteiger partial charge on any atom is 0.252 e. The third-order valence-corrected chi connectivity index (χ3v) is 4.44. The van der Waals surface area contributed by atoms with Crippen LogP contribution in [0, 0.1) is 0 Å². The molecule has 3 rings (SSSR count). The van der Waals surface area contributed by atoms with E-state index >= 15 is 0 Å². The highest BCUT2D eigenvalue weighted by atomic mass is 16.5. The van der Waals surface area contributed by atoms with E-state index in [0.717, 1.165) is 30.6 Å². The number of hydrogen-bond donors (Lipinski definition) is 0. The van der Waals surface area contributed by atoms with Gasteiger partial charge in [0.1, 0.15) is 11.9 Å². The lowest BCUT2D eigenvalue weighted by atomic mass is 10.0. The zero-order chi connectivity index (χ0) is 17.6. The van der Waals surface area contributed by atoms with Crippen LogP contribution in [0.1, 0.15) is 43.6 Å². The highest BCUT2D eigenvalue weighted by Gasteiger charge is 2.33. The first-order chi connectivity index (χ1) is 12.2. The fourth-order valence-electron chi connectivity index (χ4n) is 3.08. The molecule has 134 valence electrons. The van der Waals surface area contributed by atoms with Crippen molar-refractivity contribution in [2.45, 2.75) is 44.9 Å². The molecule has 25 heavy (non-hydrogen) atoms. The quantitative estimate of drug-likeness (QED) is 0.801. The van der Waals surface area contributed by atoms with Gasteiger partial charge in [-0.1, -0.05) is 17.3 Å². The molecule has 0 saturated carbocycles. The molecule has 1 aromatic heterocycles. The lowest BCUT2D eigenvalue weighted by molar-refractivity contribution is -0.147. The first-order valence-electron chi connectivity index (χ1n) is 8.50. The molecule has 1 saturated heterocycles. The average molecular weight is 345 g/mol. The van der Waals surface area contributed by atoms with E-state index in [1.807, 2.05) is 29.2 Å². The van der Waals surface area contributed by atoms with Gasteiger partial charge in [0.25, 0.3) is 5.91 Å². The fraction of sp³-hybridized carbons (Fsp3) is 0.500. The molecular weight excluding hydrogens is 322 g/mol. The van der Waals surface area contributed by atoms with Crippen molar-refractivity contribution in [1.82, 2.24) is 15.0 Å². The molecule has 2 atom stereocenters. The third-order valence-electron chi connectivity index (χ3n) is 4.44. The zero-order valence-electron chi connectivity index (χ0n) is 14.6. The number of nitrogens with zero attached hydrogens (tertiary/aromatic N) is 3. The summed E-state index contributed by atoms with van der Waals surface area (Å²) in [5.74, 6) is 1.29. The summed E-state index contributed by atoms with van der Waals surface area (Å²) in [7, 11) is 1.63. The van der Waals surface area contributed by atoms with Gasteiger partial charge in [-0.05, 0) is 43.9 Å². The van der Waals surface area contributed by atoms with Crippen LogP contribution in [0.5, 0.6) is 5.75 Å². The summed E-state index contributed by atoms with van der Waals surface area (Å²) in [5, 5.41) is 3.91. The van der Waals surface area contributed by atoms with E-state index in [0.29, 0.717) is 19.0 Å². The number of rotatable bonds is 6. The van der Waals surface area contributed by atoms with Crippen molar-refractivity contribution in [2.24, 2.45) is 0 Å². The van der Waals surface area contributed by atoms with Crippen molar-refractivity contribution in [1.29, 1.82) is 0 Å². The number of likely N-dealkylation sites (tertiary alicyclic amines) is 1. The molecule has 7 heteroatoms. The van der Waals surface area contributed by atoms with Crippen molar-refractivity contribution < 1.29 is 18.8 Å². The van der Waals surface area contributed by atoms with Crippen LogP contribution < -0.4 is 4.74 Å². The van der Waals surface area contributed by atoms with E-state index in [2.05, 4.69) is 10.1 Å². The monoisotopic (exact) mass is 345 g/mol. The van der Waals surface area contributed by atoms with Gasteiger partial charge < -0.3 is 18.9 Å². The molecule has 1 aromatic carbocycles. The number of piperidine rings is 1. The highest BCUT2D eigenvalue weighted by molar-refractivity contribution is 5.81. The first kappa shape index (κ1) is 17.4. The van der Waals surface area contributed by atoms with E-state index in [9.17, 15) is 4.79 Å². The van der Waals surface area contributed by atoms with Crippen molar-refractivity contribution in [3.63, 3.8) is 0 Å². The van der Waals surface area contributed by atoms with E-state index < -0.39 is 6.10 Å². The first-order valence-corrected chi connectivity index (χ1v) is 8.50. The Labute approximate surface area is 146 Å². The number of ether oxygens (including phenoxy) is 2. The van der Waals surface area contributed by atoms with Crippen molar-refractivity contribution in [3.05, 3.63) is 42.0 Å². The Balaban J connectivity index is 1.62. The number of carbonyl (C=O) groups excluding carboxylic acids is 1. The number of carbonyl (C=O) groups is 1. The predicted molar refractivity (Wildman–Crippen MR) is 89.8 cm³/mol. The van der Waals surface area contributed by atoms with Crippen LogP contribution in [-0.2, 0) is 16.1 Å². The number of amides is 1. The molecule has 0 N–H and O–H groups in total. The molecule has 1 aliphatic rings. The van der Waals surface area contributed by atoms with Gasteiger partial charge in [-0.15, -0.1) is 0 Å². The average Bonchev–Trinajstić information content (AvgIpc) is 3.20. The van der Waals surface area contributed by atoms with Crippen LogP contribution in [0.3, 0.4) is 0 Å². The Morgan fingerprint density at radius 3 is 3.08 bits per heavy atom. The molecule has 0 spiro atoms. The van der Waals surface area contributed by atoms with Crippen LogP contribution in [0.2, 0.25) is 0 Å². The van der Waals surface area contributed by atoms with Crippen molar-refractivity contribution in [3.8, 4) is 5.75 Å². The van der Waals surface area contributed by atoms with Gasteiger partial charge in [-0.3, -0.25) is 4.79 Å². The molecule has 2 aromatic rings. The summed E-state index contributed by atoms with van der Waals surface area (Å²) in [6, 6.07) is 7.49. The summed E-state index contributed by atoms with van der Waals surface area (Å²) in [6.45, 7) is 2.82. The van der Waals surface area contributed by atoms with Gasteiger partial charge in [0.15, 0.2) is 5.82 Å². The Morgan fingerprint density at radius 1 is 1.44 bits per heavy atom. The summed E-state index contributed by atoms with van der Waals surface area (Å²) >= 11 is 0. The molecule has 0 radical (unpaired) electrons. The molecule has 1 amide bonds. The van der Waals surface area contributed by atoms with Crippen LogP contribution in [0.15, 0.2) is 35.2 Å². The van der Waals surface area contributed by atoms with Gasteiger partial charge in [-0.2, -0.15) is 4.98 Å². The Bertz CT molecular complexity index is 689. The van der Waals surface area contributed by atoms with Crippen LogP contribution in [0.4, 0.5) is 0 Å². The lowest BCUT2D eigenvalue weighted by Gasteiger charge is -2.35. The van der Waals surface area contributed by atoms with E-state index in [4.69, 9.17) is 14.0 Å². The minimum absolute atomic E-state index is 0.0441. The third kappa shape index (κ3) is 4.17. The van der Waals surface area contributed by atoms with Crippen molar-refractivity contribution >= 4 is 5.91 Å². The van der Waals surface area contributed by atoms with E-state index in [1.54, 1.807) is 14.0 Å². The molecule has 0 bridgehead atoms. The van der Waals surface area contributed by atoms with Crippen LogP contribution in [-0.4, -0.2) is 40.7 Å². The number of methoxy groups -OCH3 is 1. The number of aromatic nitrogens is 2. The van der Waals surface area contributed by atoms with Gasteiger partial charge in [0, 0.05) is 6.54 Å². The largest absolute Gasteiger partial charge is 0.497 e. The standard InChI is InChI=1S/C18H23N3O4/c1-13(24-11-14-6-5-7-15(10-14)23-2)18(22)21-9-4-3-8-16(21)17-19-12-25-20-17/h5-7,10,12-13,16H,3-4,8-9,11H2,1-2H3. The minimum atomic E-state index is -0.543. The van der Waals surface area contributed by atoms with Crippen molar-refractivity contribution in [2.75, 3.05) is 13.7 Å². The molecule has 2 unspecified atom stereocenters. The molecule has 7 nitrogen and oxygen atoms in total. The molecular formula is C18H23N3O4.